The van der Waals surface area contributed by atoms with Crippen molar-refractivity contribution in [3.05, 3.63) is 11.8 Å². The molecule has 0 bridgehead atoms. The maximum absolute atomic E-state index is 5.97. The van der Waals surface area contributed by atoms with Crippen molar-refractivity contribution in [3.63, 3.8) is 0 Å². The summed E-state index contributed by atoms with van der Waals surface area (Å²) < 4.78 is 11.6. The van der Waals surface area contributed by atoms with Gasteiger partial charge in [0.05, 0.1) is 11.9 Å². The molecule has 3 heteroatoms. The van der Waals surface area contributed by atoms with Crippen molar-refractivity contribution in [2.24, 2.45) is 5.92 Å². The molecule has 0 aromatic rings. The molecular weight excluding hydrogens is 192 g/mol. The summed E-state index contributed by atoms with van der Waals surface area (Å²) in [7, 11) is -1.42. The zero-order valence-electron chi connectivity index (χ0n) is 9.96. The van der Waals surface area contributed by atoms with Crippen LogP contribution in [0.25, 0.3) is 0 Å². The fourth-order valence-corrected chi connectivity index (χ4v) is 2.62. The smallest absolute Gasteiger partial charge is 0.241 e. The highest BCUT2D eigenvalue weighted by atomic mass is 28.4. The SMILES string of the molecule is CCOC1C=C(O[Si](C)(C)C)C1CC. The molecule has 0 aliphatic heterocycles. The summed E-state index contributed by atoms with van der Waals surface area (Å²) in [6, 6.07) is 0. The van der Waals surface area contributed by atoms with Crippen LogP contribution in [0.15, 0.2) is 11.8 Å². The highest BCUT2D eigenvalue weighted by molar-refractivity contribution is 6.70. The van der Waals surface area contributed by atoms with Gasteiger partial charge in [-0.05, 0) is 39.1 Å². The Hall–Kier alpha value is -0.283. The first kappa shape index (κ1) is 11.8. The quantitative estimate of drug-likeness (QED) is 0.654. The molecule has 0 spiro atoms. The van der Waals surface area contributed by atoms with E-state index in [1.165, 1.54) is 5.76 Å². The minimum atomic E-state index is -1.42. The lowest BCUT2D eigenvalue weighted by atomic mass is 9.87. The van der Waals surface area contributed by atoms with E-state index in [4.69, 9.17) is 9.16 Å². The molecular formula is C11H22O2Si. The molecule has 1 aliphatic rings. The summed E-state index contributed by atoms with van der Waals surface area (Å²) >= 11 is 0. The van der Waals surface area contributed by atoms with Crippen LogP contribution in [0.2, 0.25) is 19.6 Å². The van der Waals surface area contributed by atoms with Crippen LogP contribution in [0.5, 0.6) is 0 Å². The van der Waals surface area contributed by atoms with E-state index < -0.39 is 8.32 Å². The molecule has 0 radical (unpaired) electrons. The van der Waals surface area contributed by atoms with Gasteiger partial charge in [0.15, 0.2) is 0 Å². The molecule has 0 aromatic heterocycles. The minimum Gasteiger partial charge on any atom is -0.547 e. The molecule has 82 valence electrons. The van der Waals surface area contributed by atoms with Crippen molar-refractivity contribution in [3.8, 4) is 0 Å². The van der Waals surface area contributed by atoms with Gasteiger partial charge in [-0.3, -0.25) is 0 Å². The minimum absolute atomic E-state index is 0.302. The van der Waals surface area contributed by atoms with E-state index in [0.29, 0.717) is 12.0 Å². The van der Waals surface area contributed by atoms with Crippen LogP contribution in [0.1, 0.15) is 20.3 Å². The normalized spacial score (nSPS) is 26.8. The zero-order chi connectivity index (χ0) is 10.8. The third-order valence-corrected chi connectivity index (χ3v) is 3.16. The van der Waals surface area contributed by atoms with Gasteiger partial charge in [-0.1, -0.05) is 6.92 Å². The lowest BCUT2D eigenvalue weighted by Crippen LogP contribution is -2.38. The van der Waals surface area contributed by atoms with Gasteiger partial charge in [0, 0.05) is 12.5 Å². The maximum Gasteiger partial charge on any atom is 0.241 e. The highest BCUT2D eigenvalue weighted by Gasteiger charge is 2.35. The first-order valence-corrected chi connectivity index (χ1v) is 8.91. The summed E-state index contributed by atoms with van der Waals surface area (Å²) in [5.41, 5.74) is 0. The molecule has 2 nitrogen and oxygen atoms in total. The molecule has 1 aliphatic carbocycles. The van der Waals surface area contributed by atoms with Gasteiger partial charge in [-0.2, -0.15) is 0 Å². The number of hydrogen-bond acceptors (Lipinski definition) is 2. The van der Waals surface area contributed by atoms with Gasteiger partial charge >= 0.3 is 0 Å². The molecule has 0 N–H and O–H groups in total. The highest BCUT2D eigenvalue weighted by Crippen LogP contribution is 2.35. The van der Waals surface area contributed by atoms with Crippen LogP contribution in [0.3, 0.4) is 0 Å². The lowest BCUT2D eigenvalue weighted by Gasteiger charge is -2.38. The standard InChI is InChI=1S/C11H22O2Si/c1-6-9-10(12-7-2)8-11(9)13-14(3,4)5/h8-10H,6-7H2,1-5H3. The Morgan fingerprint density at radius 2 is 1.93 bits per heavy atom. The summed E-state index contributed by atoms with van der Waals surface area (Å²) in [4.78, 5) is 0. The molecule has 0 fully saturated rings. The topological polar surface area (TPSA) is 18.5 Å². The van der Waals surface area contributed by atoms with Crippen LogP contribution in [0, 0.1) is 5.92 Å². The largest absolute Gasteiger partial charge is 0.547 e. The number of ether oxygens (including phenoxy) is 1. The lowest BCUT2D eigenvalue weighted by molar-refractivity contribution is 0.0251. The van der Waals surface area contributed by atoms with E-state index >= 15 is 0 Å². The van der Waals surface area contributed by atoms with E-state index in [1.54, 1.807) is 0 Å². The molecule has 2 unspecified atom stereocenters. The van der Waals surface area contributed by atoms with Crippen LogP contribution in [-0.4, -0.2) is 21.0 Å². The maximum atomic E-state index is 5.97. The number of rotatable bonds is 5. The van der Waals surface area contributed by atoms with E-state index in [2.05, 4.69) is 32.6 Å². The molecule has 0 heterocycles. The average molecular weight is 214 g/mol. The van der Waals surface area contributed by atoms with Crippen LogP contribution >= 0.6 is 0 Å². The Kier molecular flexibility index (Phi) is 3.78. The third-order valence-electron chi connectivity index (χ3n) is 2.31. The van der Waals surface area contributed by atoms with Crippen molar-refractivity contribution in [2.45, 2.75) is 46.0 Å². The van der Waals surface area contributed by atoms with Gasteiger partial charge in [0.1, 0.15) is 0 Å². The van der Waals surface area contributed by atoms with E-state index in [0.717, 1.165) is 13.0 Å². The predicted molar refractivity (Wildman–Crippen MR) is 61.7 cm³/mol. The van der Waals surface area contributed by atoms with Crippen LogP contribution in [0.4, 0.5) is 0 Å². The first-order valence-electron chi connectivity index (χ1n) is 5.50. The van der Waals surface area contributed by atoms with Crippen LogP contribution < -0.4 is 0 Å². The molecule has 1 rings (SSSR count). The second kappa shape index (κ2) is 4.49. The van der Waals surface area contributed by atoms with Crippen molar-refractivity contribution < 1.29 is 9.16 Å². The molecule has 0 saturated carbocycles. The fourth-order valence-electron chi connectivity index (χ4n) is 1.70. The Morgan fingerprint density at radius 3 is 2.36 bits per heavy atom. The van der Waals surface area contributed by atoms with Crippen molar-refractivity contribution in [1.29, 1.82) is 0 Å². The Morgan fingerprint density at radius 1 is 1.29 bits per heavy atom. The Labute approximate surface area is 88.4 Å². The van der Waals surface area contributed by atoms with Crippen molar-refractivity contribution >= 4 is 8.32 Å². The van der Waals surface area contributed by atoms with Gasteiger partial charge in [0.25, 0.3) is 0 Å². The second-order valence-corrected chi connectivity index (χ2v) is 9.15. The van der Waals surface area contributed by atoms with Gasteiger partial charge in [0.2, 0.25) is 8.32 Å². The third kappa shape index (κ3) is 2.85. The van der Waals surface area contributed by atoms with Gasteiger partial charge in [-0.15, -0.1) is 0 Å². The van der Waals surface area contributed by atoms with Gasteiger partial charge in [-0.25, -0.2) is 0 Å². The van der Waals surface area contributed by atoms with E-state index in [1.807, 2.05) is 6.92 Å². The zero-order valence-corrected chi connectivity index (χ0v) is 11.0. The van der Waals surface area contributed by atoms with E-state index in [9.17, 15) is 0 Å². The second-order valence-electron chi connectivity index (χ2n) is 4.72. The first-order chi connectivity index (χ1) is 6.48. The van der Waals surface area contributed by atoms with Crippen LogP contribution in [-0.2, 0) is 9.16 Å². The Balaban J connectivity index is 2.51. The summed E-state index contributed by atoms with van der Waals surface area (Å²) in [5, 5.41) is 0. The summed E-state index contributed by atoms with van der Waals surface area (Å²) in [6.07, 6.45) is 3.55. The van der Waals surface area contributed by atoms with Gasteiger partial charge < -0.3 is 9.16 Å². The Bertz CT molecular complexity index is 218. The number of hydrogen-bond donors (Lipinski definition) is 0. The fraction of sp³-hybridized carbons (Fsp3) is 0.818. The van der Waals surface area contributed by atoms with Crippen molar-refractivity contribution in [1.82, 2.24) is 0 Å². The molecule has 0 amide bonds. The monoisotopic (exact) mass is 214 g/mol. The predicted octanol–water partition coefficient (Wildman–Crippen LogP) is 3.17. The molecule has 0 saturated heterocycles. The van der Waals surface area contributed by atoms with Crippen molar-refractivity contribution in [2.75, 3.05) is 6.61 Å². The molecule has 2 atom stereocenters. The molecule has 0 aromatic carbocycles. The average Bonchev–Trinajstić information content (AvgIpc) is 2.01. The molecule has 14 heavy (non-hydrogen) atoms. The summed E-state index contributed by atoms with van der Waals surface area (Å²) in [6.45, 7) is 11.7. The summed E-state index contributed by atoms with van der Waals surface area (Å²) in [5.74, 6) is 1.67. The van der Waals surface area contributed by atoms with E-state index in [-0.39, 0.29) is 0 Å².